The number of aliphatic hydroxyl groups is 1. The molecule has 0 saturated carbocycles. The number of benzene rings is 1. The maximum atomic E-state index is 9.13. The second kappa shape index (κ2) is 4.74. The van der Waals surface area contributed by atoms with Crippen LogP contribution in [0.4, 0.5) is 0 Å². The van der Waals surface area contributed by atoms with Gasteiger partial charge in [0, 0.05) is 0 Å². The topological polar surface area (TPSA) is 57.1 Å². The van der Waals surface area contributed by atoms with Gasteiger partial charge in [0.05, 0.1) is 0 Å². The maximum Gasteiger partial charge on any atom is 0.136 e. The molecule has 3 nitrogen and oxygen atoms in total. The zero-order chi connectivity index (χ0) is 8.81. The molecule has 1 atom stereocenters. The van der Waals surface area contributed by atoms with E-state index in [2.05, 4.69) is 5.73 Å². The van der Waals surface area contributed by atoms with E-state index in [9.17, 15) is 0 Å². The fourth-order valence-corrected chi connectivity index (χ4v) is 0.792. The number of hydrogen-bond donors (Lipinski definition) is 2. The highest BCUT2D eigenvalue weighted by molar-refractivity contribution is 5.20. The van der Waals surface area contributed by atoms with E-state index in [1.165, 1.54) is 0 Å². The fourth-order valence-electron chi connectivity index (χ4n) is 0.792. The molecule has 0 radical (unpaired) electrons. The minimum Gasteiger partial charge on any atom is -0.491 e. The molecule has 0 bridgehead atoms. The van der Waals surface area contributed by atoms with Crippen LogP contribution in [0.15, 0.2) is 30.3 Å². The van der Waals surface area contributed by atoms with Gasteiger partial charge in [-0.15, -0.1) is 0 Å². The van der Waals surface area contributed by atoms with Gasteiger partial charge in [-0.25, -0.2) is 0 Å². The van der Waals surface area contributed by atoms with E-state index in [0.717, 1.165) is 5.75 Å². The molecule has 1 rings (SSSR count). The molecule has 0 aliphatic carbocycles. The largest absolute Gasteiger partial charge is 0.491 e. The summed E-state index contributed by atoms with van der Waals surface area (Å²) in [6.07, 6.45) is -0.467. The van der Waals surface area contributed by atoms with Crippen molar-refractivity contribution in [2.75, 3.05) is 13.2 Å². The van der Waals surface area contributed by atoms with Crippen molar-refractivity contribution in [2.24, 2.45) is 0 Å². The lowest BCUT2D eigenvalue weighted by Gasteiger charge is -2.07. The van der Waals surface area contributed by atoms with Gasteiger partial charge in [-0.05, 0) is 12.1 Å². The molecule has 0 unspecified atom stereocenters. The summed E-state index contributed by atoms with van der Waals surface area (Å²) in [5, 5.41) is 9.13. The molecule has 0 heterocycles. The molecular weight excluding hydrogens is 154 g/mol. The summed E-state index contributed by atoms with van der Waals surface area (Å²) < 4.78 is 5.27. The van der Waals surface area contributed by atoms with Crippen molar-refractivity contribution in [3.8, 4) is 5.75 Å². The Kier molecular flexibility index (Phi) is 3.57. The van der Waals surface area contributed by atoms with E-state index in [1.54, 1.807) is 0 Å². The summed E-state index contributed by atoms with van der Waals surface area (Å²) >= 11 is 0. The minimum atomic E-state index is -0.467. The lowest BCUT2D eigenvalue weighted by molar-refractivity contribution is -0.384. The van der Waals surface area contributed by atoms with Crippen molar-refractivity contribution in [1.29, 1.82) is 0 Å². The van der Waals surface area contributed by atoms with Crippen LogP contribution in [-0.4, -0.2) is 24.4 Å². The van der Waals surface area contributed by atoms with Gasteiger partial charge in [0.25, 0.3) is 0 Å². The molecule has 0 spiro atoms. The second-order valence-electron chi connectivity index (χ2n) is 2.57. The van der Waals surface area contributed by atoms with Gasteiger partial charge in [0.2, 0.25) is 0 Å². The van der Waals surface area contributed by atoms with Crippen molar-refractivity contribution >= 4 is 0 Å². The summed E-state index contributed by atoms with van der Waals surface area (Å²) in [6.45, 7) is 0.792. The van der Waals surface area contributed by atoms with Crippen molar-refractivity contribution in [1.82, 2.24) is 0 Å². The number of ether oxygens (including phenoxy) is 1. The van der Waals surface area contributed by atoms with Crippen LogP contribution in [-0.2, 0) is 0 Å². The normalized spacial score (nSPS) is 12.5. The standard InChI is InChI=1S/C9H13NO2/c10-6-8(11)7-12-9-4-2-1-3-5-9/h1-5,8,11H,6-7,10H2/p+1/t8-/m1/s1. The Balaban J connectivity index is 2.33. The van der Waals surface area contributed by atoms with Crippen LogP contribution < -0.4 is 10.5 Å². The summed E-state index contributed by atoms with van der Waals surface area (Å²) in [6, 6.07) is 9.42. The molecule has 0 amide bonds. The number of aliphatic hydroxyl groups excluding tert-OH is 1. The van der Waals surface area contributed by atoms with Crippen LogP contribution in [0.5, 0.6) is 5.75 Å². The number of rotatable bonds is 4. The first kappa shape index (κ1) is 9.03. The quantitative estimate of drug-likeness (QED) is 0.646. The minimum absolute atomic E-state index is 0.313. The number of hydrogen-bond acceptors (Lipinski definition) is 2. The molecule has 0 aliphatic heterocycles. The van der Waals surface area contributed by atoms with E-state index in [1.807, 2.05) is 30.3 Å². The second-order valence-corrected chi connectivity index (χ2v) is 2.57. The van der Waals surface area contributed by atoms with Gasteiger partial charge < -0.3 is 15.6 Å². The smallest absolute Gasteiger partial charge is 0.136 e. The van der Waals surface area contributed by atoms with Crippen molar-refractivity contribution in [3.05, 3.63) is 30.3 Å². The first-order valence-corrected chi connectivity index (χ1v) is 3.98. The molecule has 3 heteroatoms. The molecule has 12 heavy (non-hydrogen) atoms. The third-order valence-electron chi connectivity index (χ3n) is 1.52. The van der Waals surface area contributed by atoms with Crippen LogP contribution in [0.2, 0.25) is 0 Å². The average molecular weight is 168 g/mol. The van der Waals surface area contributed by atoms with Crippen LogP contribution in [0.25, 0.3) is 0 Å². The summed E-state index contributed by atoms with van der Waals surface area (Å²) in [5.74, 6) is 0.782. The van der Waals surface area contributed by atoms with E-state index >= 15 is 0 Å². The third kappa shape index (κ3) is 2.90. The van der Waals surface area contributed by atoms with E-state index in [0.29, 0.717) is 13.2 Å². The molecule has 1 aromatic carbocycles. The van der Waals surface area contributed by atoms with Crippen molar-refractivity contribution < 1.29 is 15.6 Å². The molecular formula is C9H14NO2+. The molecule has 1 aromatic rings. The van der Waals surface area contributed by atoms with E-state index in [4.69, 9.17) is 9.84 Å². The third-order valence-corrected chi connectivity index (χ3v) is 1.52. The lowest BCUT2D eigenvalue weighted by Crippen LogP contribution is -2.56. The van der Waals surface area contributed by atoms with Gasteiger partial charge in [-0.2, -0.15) is 0 Å². The van der Waals surface area contributed by atoms with Gasteiger partial charge >= 0.3 is 0 Å². The Hall–Kier alpha value is -1.06. The molecule has 0 aliphatic rings. The molecule has 0 aromatic heterocycles. The van der Waals surface area contributed by atoms with E-state index < -0.39 is 6.10 Å². The van der Waals surface area contributed by atoms with E-state index in [-0.39, 0.29) is 0 Å². The highest BCUT2D eigenvalue weighted by Gasteiger charge is 2.02. The monoisotopic (exact) mass is 168 g/mol. The zero-order valence-electron chi connectivity index (χ0n) is 6.94. The van der Waals surface area contributed by atoms with Crippen LogP contribution in [0.1, 0.15) is 0 Å². The highest BCUT2D eigenvalue weighted by Crippen LogP contribution is 2.07. The highest BCUT2D eigenvalue weighted by atomic mass is 16.5. The van der Waals surface area contributed by atoms with Crippen molar-refractivity contribution in [2.45, 2.75) is 6.10 Å². The van der Waals surface area contributed by atoms with Gasteiger partial charge in [-0.1, -0.05) is 18.2 Å². The Morgan fingerprint density at radius 1 is 1.33 bits per heavy atom. The molecule has 66 valence electrons. The Bertz CT molecular complexity index is 213. The SMILES string of the molecule is [NH3+]C[C@@H](O)COc1ccccc1. The van der Waals surface area contributed by atoms with Crippen molar-refractivity contribution in [3.63, 3.8) is 0 Å². The fraction of sp³-hybridized carbons (Fsp3) is 0.333. The average Bonchev–Trinajstić information content (AvgIpc) is 2.16. The van der Waals surface area contributed by atoms with Gasteiger partial charge in [0.15, 0.2) is 0 Å². The lowest BCUT2D eigenvalue weighted by atomic mass is 10.3. The van der Waals surface area contributed by atoms with Crippen LogP contribution in [0, 0.1) is 0 Å². The maximum absolute atomic E-state index is 9.13. The Morgan fingerprint density at radius 2 is 2.00 bits per heavy atom. The Morgan fingerprint density at radius 3 is 2.58 bits per heavy atom. The summed E-state index contributed by atoms with van der Waals surface area (Å²) in [5.41, 5.74) is 3.57. The summed E-state index contributed by atoms with van der Waals surface area (Å²) in [7, 11) is 0. The number of para-hydroxylation sites is 1. The zero-order valence-corrected chi connectivity index (χ0v) is 6.94. The number of quaternary nitrogens is 1. The van der Waals surface area contributed by atoms with Crippen LogP contribution in [0.3, 0.4) is 0 Å². The molecule has 0 saturated heterocycles. The Labute approximate surface area is 71.8 Å². The first-order chi connectivity index (χ1) is 5.83. The van der Waals surface area contributed by atoms with Gasteiger partial charge in [0.1, 0.15) is 25.0 Å². The molecule has 4 N–H and O–H groups in total. The predicted octanol–water partition coefficient (Wildman–Crippen LogP) is -0.332. The molecule has 0 fully saturated rings. The predicted molar refractivity (Wildman–Crippen MR) is 45.7 cm³/mol. The van der Waals surface area contributed by atoms with Crippen LogP contribution >= 0.6 is 0 Å². The first-order valence-electron chi connectivity index (χ1n) is 3.98. The van der Waals surface area contributed by atoms with Gasteiger partial charge in [-0.3, -0.25) is 0 Å². The summed E-state index contributed by atoms with van der Waals surface area (Å²) in [4.78, 5) is 0.